The molecule has 6 fully saturated rings. The van der Waals surface area contributed by atoms with Gasteiger partial charge in [-0.1, -0.05) is 12.8 Å². The van der Waals surface area contributed by atoms with Gasteiger partial charge in [0, 0.05) is 11.6 Å². The lowest BCUT2D eigenvalue weighted by molar-refractivity contribution is -0.129. The molecule has 24 heavy (non-hydrogen) atoms. The Kier molecular flexibility index (Phi) is 3.92. The van der Waals surface area contributed by atoms with Crippen LogP contribution in [0.5, 0.6) is 0 Å². The SMILES string of the molecule is O=C(CN1CCC[C@@H]2CCCC[C@@H]21)NC12CC3CC(CC(C3)C1)C2. The second-order valence-corrected chi connectivity index (χ2v) is 9.97. The quantitative estimate of drug-likeness (QED) is 0.855. The maximum absolute atomic E-state index is 12.9. The van der Waals surface area contributed by atoms with Gasteiger partial charge in [-0.05, 0) is 94.4 Å². The number of hydrogen-bond donors (Lipinski definition) is 1. The molecule has 5 saturated carbocycles. The third kappa shape index (κ3) is 2.81. The molecule has 4 bridgehead atoms. The number of carbonyl (C=O) groups excluding carboxylic acids is 1. The van der Waals surface area contributed by atoms with Gasteiger partial charge in [-0.25, -0.2) is 0 Å². The molecule has 1 N–H and O–H groups in total. The zero-order chi connectivity index (χ0) is 16.1. The lowest BCUT2D eigenvalue weighted by Crippen LogP contribution is -2.61. The number of hydrogen-bond acceptors (Lipinski definition) is 2. The smallest absolute Gasteiger partial charge is 0.234 e. The van der Waals surface area contributed by atoms with Crippen LogP contribution in [0.2, 0.25) is 0 Å². The second kappa shape index (κ2) is 6.00. The minimum Gasteiger partial charge on any atom is -0.350 e. The van der Waals surface area contributed by atoms with Crippen molar-refractivity contribution in [3.63, 3.8) is 0 Å². The fraction of sp³-hybridized carbons (Fsp3) is 0.952. The highest BCUT2D eigenvalue weighted by molar-refractivity contribution is 5.79. The molecule has 0 aromatic heterocycles. The Labute approximate surface area is 146 Å². The summed E-state index contributed by atoms with van der Waals surface area (Å²) in [6.45, 7) is 1.82. The van der Waals surface area contributed by atoms with Crippen molar-refractivity contribution in [2.45, 2.75) is 88.6 Å². The summed E-state index contributed by atoms with van der Waals surface area (Å²) in [6.07, 6.45) is 16.4. The van der Waals surface area contributed by atoms with E-state index in [1.165, 1.54) is 77.0 Å². The molecule has 1 aliphatic heterocycles. The highest BCUT2D eigenvalue weighted by Gasteiger charge is 2.51. The van der Waals surface area contributed by atoms with Gasteiger partial charge in [-0.3, -0.25) is 9.69 Å². The number of likely N-dealkylation sites (tertiary alicyclic amines) is 1. The third-order valence-electron chi connectivity index (χ3n) is 8.15. The van der Waals surface area contributed by atoms with Crippen LogP contribution in [0.3, 0.4) is 0 Å². The van der Waals surface area contributed by atoms with Crippen LogP contribution >= 0.6 is 0 Å². The first-order valence-corrected chi connectivity index (χ1v) is 10.7. The molecule has 5 aliphatic carbocycles. The summed E-state index contributed by atoms with van der Waals surface area (Å²) < 4.78 is 0. The predicted octanol–water partition coefficient (Wildman–Crippen LogP) is 3.73. The molecule has 1 heterocycles. The van der Waals surface area contributed by atoms with Crippen LogP contribution in [0.1, 0.15) is 77.0 Å². The fourth-order valence-electron chi connectivity index (χ4n) is 7.71. The van der Waals surface area contributed by atoms with Gasteiger partial charge in [-0.2, -0.15) is 0 Å². The van der Waals surface area contributed by atoms with Crippen LogP contribution in [0.25, 0.3) is 0 Å². The summed E-state index contributed by atoms with van der Waals surface area (Å²) >= 11 is 0. The maximum atomic E-state index is 12.9. The van der Waals surface area contributed by atoms with E-state index in [0.717, 1.165) is 30.2 Å². The average molecular weight is 331 g/mol. The summed E-state index contributed by atoms with van der Waals surface area (Å²) in [7, 11) is 0. The number of fused-ring (bicyclic) bond motifs is 1. The predicted molar refractivity (Wildman–Crippen MR) is 95.6 cm³/mol. The van der Waals surface area contributed by atoms with Gasteiger partial charge in [-0.15, -0.1) is 0 Å². The molecular weight excluding hydrogens is 296 g/mol. The van der Waals surface area contributed by atoms with Crippen molar-refractivity contribution in [3.05, 3.63) is 0 Å². The highest BCUT2D eigenvalue weighted by atomic mass is 16.2. The molecule has 6 aliphatic rings. The highest BCUT2D eigenvalue weighted by Crippen LogP contribution is 2.55. The minimum atomic E-state index is 0.188. The summed E-state index contributed by atoms with van der Waals surface area (Å²) in [4.78, 5) is 15.5. The van der Waals surface area contributed by atoms with Crippen LogP contribution in [0, 0.1) is 23.7 Å². The Morgan fingerprint density at radius 3 is 2.25 bits per heavy atom. The first-order valence-electron chi connectivity index (χ1n) is 10.7. The summed E-state index contributed by atoms with van der Waals surface area (Å²) in [5, 5.41) is 3.59. The molecule has 1 amide bonds. The van der Waals surface area contributed by atoms with Gasteiger partial charge < -0.3 is 5.32 Å². The number of rotatable bonds is 3. The zero-order valence-electron chi connectivity index (χ0n) is 15.1. The normalized spacial score (nSPS) is 47.4. The van der Waals surface area contributed by atoms with Crippen molar-refractivity contribution in [1.29, 1.82) is 0 Å². The summed E-state index contributed by atoms with van der Waals surface area (Å²) in [6, 6.07) is 0.703. The maximum Gasteiger partial charge on any atom is 0.234 e. The van der Waals surface area contributed by atoms with Crippen LogP contribution in [0.4, 0.5) is 0 Å². The molecule has 3 heteroatoms. The van der Waals surface area contributed by atoms with E-state index in [0.29, 0.717) is 18.5 Å². The van der Waals surface area contributed by atoms with Gasteiger partial charge in [0.25, 0.3) is 0 Å². The van der Waals surface area contributed by atoms with E-state index in [9.17, 15) is 4.79 Å². The van der Waals surface area contributed by atoms with E-state index in [4.69, 9.17) is 0 Å². The van der Waals surface area contributed by atoms with Crippen molar-refractivity contribution >= 4 is 5.91 Å². The van der Waals surface area contributed by atoms with E-state index in [-0.39, 0.29) is 5.54 Å². The molecule has 0 aromatic rings. The van der Waals surface area contributed by atoms with E-state index < -0.39 is 0 Å². The summed E-state index contributed by atoms with van der Waals surface area (Å²) in [5.41, 5.74) is 0.188. The zero-order valence-corrected chi connectivity index (χ0v) is 15.1. The van der Waals surface area contributed by atoms with Crippen molar-refractivity contribution in [2.24, 2.45) is 23.7 Å². The number of nitrogens with one attached hydrogen (secondary N) is 1. The first-order chi connectivity index (χ1) is 11.7. The molecule has 134 valence electrons. The minimum absolute atomic E-state index is 0.188. The van der Waals surface area contributed by atoms with Crippen LogP contribution < -0.4 is 5.32 Å². The third-order valence-corrected chi connectivity index (χ3v) is 8.15. The van der Waals surface area contributed by atoms with E-state index in [1.54, 1.807) is 0 Å². The standard InChI is InChI=1S/C21H34N2O/c24-20(14-23-7-3-5-18-4-1-2-6-19(18)23)22-21-11-15-8-16(12-21)10-17(9-15)13-21/h15-19H,1-14H2,(H,22,24)/t15?,16?,17?,18-,19-,21?/m0/s1. The summed E-state index contributed by atoms with van der Waals surface area (Å²) in [5.74, 6) is 3.95. The Bertz CT molecular complexity index is 465. The van der Waals surface area contributed by atoms with Crippen molar-refractivity contribution in [3.8, 4) is 0 Å². The van der Waals surface area contributed by atoms with Gasteiger partial charge in [0.15, 0.2) is 0 Å². The topological polar surface area (TPSA) is 32.3 Å². The Hall–Kier alpha value is -0.570. The van der Waals surface area contributed by atoms with Crippen LogP contribution in [-0.4, -0.2) is 35.5 Å². The van der Waals surface area contributed by atoms with E-state index in [2.05, 4.69) is 10.2 Å². The lowest BCUT2D eigenvalue weighted by atomic mass is 9.53. The monoisotopic (exact) mass is 330 g/mol. The van der Waals surface area contributed by atoms with Crippen molar-refractivity contribution < 1.29 is 4.79 Å². The largest absolute Gasteiger partial charge is 0.350 e. The molecule has 1 saturated heterocycles. The van der Waals surface area contributed by atoms with Gasteiger partial charge in [0.2, 0.25) is 5.91 Å². The molecule has 0 radical (unpaired) electrons. The second-order valence-electron chi connectivity index (χ2n) is 9.97. The number of carbonyl (C=O) groups is 1. The number of amides is 1. The Morgan fingerprint density at radius 1 is 0.917 bits per heavy atom. The molecule has 0 spiro atoms. The average Bonchev–Trinajstić information content (AvgIpc) is 2.53. The van der Waals surface area contributed by atoms with Crippen LogP contribution in [0.15, 0.2) is 0 Å². The van der Waals surface area contributed by atoms with Gasteiger partial charge >= 0.3 is 0 Å². The first kappa shape index (κ1) is 15.7. The number of piperidine rings is 1. The van der Waals surface area contributed by atoms with E-state index in [1.807, 2.05) is 0 Å². The molecule has 6 rings (SSSR count). The molecule has 0 aromatic carbocycles. The van der Waals surface area contributed by atoms with Crippen molar-refractivity contribution in [2.75, 3.05) is 13.1 Å². The fourth-order valence-corrected chi connectivity index (χ4v) is 7.71. The van der Waals surface area contributed by atoms with E-state index >= 15 is 0 Å². The van der Waals surface area contributed by atoms with Gasteiger partial charge in [0.1, 0.15) is 0 Å². The van der Waals surface area contributed by atoms with Crippen LogP contribution in [-0.2, 0) is 4.79 Å². The van der Waals surface area contributed by atoms with Gasteiger partial charge in [0.05, 0.1) is 6.54 Å². The molecule has 0 unspecified atom stereocenters. The number of nitrogens with zero attached hydrogens (tertiary/aromatic N) is 1. The molecular formula is C21H34N2O. The lowest BCUT2D eigenvalue weighted by Gasteiger charge is -2.57. The molecule has 2 atom stereocenters. The Morgan fingerprint density at radius 2 is 1.54 bits per heavy atom. The Balaban J connectivity index is 1.23. The van der Waals surface area contributed by atoms with Crippen molar-refractivity contribution in [1.82, 2.24) is 10.2 Å². The molecule has 3 nitrogen and oxygen atoms in total.